The lowest BCUT2D eigenvalue weighted by molar-refractivity contribution is 0.412. The van der Waals surface area contributed by atoms with Crippen LogP contribution in [0.2, 0.25) is 0 Å². The quantitative estimate of drug-likeness (QED) is 0.573. The van der Waals surface area contributed by atoms with Gasteiger partial charge in [0.15, 0.2) is 0 Å². The maximum atomic E-state index is 4.13. The molecule has 0 spiro atoms. The number of pyridine rings is 1. The van der Waals surface area contributed by atoms with Gasteiger partial charge in [-0.05, 0) is 19.9 Å². The van der Waals surface area contributed by atoms with Crippen molar-refractivity contribution in [3.8, 4) is 0 Å². The molecule has 0 amide bonds. The zero-order valence-electron chi connectivity index (χ0n) is 7.23. The van der Waals surface area contributed by atoms with Gasteiger partial charge in [0.05, 0.1) is 17.6 Å². The molecular formula is C9H11N3. The first-order chi connectivity index (χ1) is 5.80. The van der Waals surface area contributed by atoms with Gasteiger partial charge < -0.3 is 9.80 Å². The summed E-state index contributed by atoms with van der Waals surface area (Å²) in [5.74, 6) is 0. The molecular weight excluding hydrogens is 150 g/mol. The lowest BCUT2D eigenvalue weighted by atomic mass is 10.2. The zero-order valence-corrected chi connectivity index (χ0v) is 7.23. The summed E-state index contributed by atoms with van der Waals surface area (Å²) >= 11 is 0. The molecule has 1 aromatic rings. The van der Waals surface area contributed by atoms with E-state index < -0.39 is 0 Å². The normalized spacial score (nSPS) is 30.2. The van der Waals surface area contributed by atoms with Crippen LogP contribution in [-0.2, 0) is 0 Å². The Morgan fingerprint density at radius 2 is 1.83 bits per heavy atom. The van der Waals surface area contributed by atoms with Crippen molar-refractivity contribution >= 4 is 11.4 Å². The highest BCUT2D eigenvalue weighted by molar-refractivity contribution is 5.83. The predicted molar refractivity (Wildman–Crippen MR) is 48.1 cm³/mol. The fourth-order valence-electron chi connectivity index (χ4n) is 2.42. The van der Waals surface area contributed by atoms with E-state index in [1.165, 1.54) is 11.4 Å². The van der Waals surface area contributed by atoms with Crippen molar-refractivity contribution in [2.24, 2.45) is 0 Å². The summed E-state index contributed by atoms with van der Waals surface area (Å²) in [6, 6.07) is 2.09. The van der Waals surface area contributed by atoms with Crippen LogP contribution in [0, 0.1) is 0 Å². The predicted octanol–water partition coefficient (Wildman–Crippen LogP) is 1.41. The van der Waals surface area contributed by atoms with Crippen LogP contribution in [0.4, 0.5) is 11.4 Å². The van der Waals surface area contributed by atoms with Crippen molar-refractivity contribution in [3.05, 3.63) is 18.5 Å². The standard InChI is InChI=1S/C9H11N3/c1-6-11-7(2)12(6)9-5-10-4-3-8(9)11/h3-7H,1-2H3/t6-,7?/m1/s1. The van der Waals surface area contributed by atoms with Gasteiger partial charge in [0.2, 0.25) is 0 Å². The first kappa shape index (κ1) is 6.29. The Morgan fingerprint density at radius 1 is 1.17 bits per heavy atom. The van der Waals surface area contributed by atoms with E-state index in [1.54, 1.807) is 0 Å². The van der Waals surface area contributed by atoms with Crippen LogP contribution in [0.25, 0.3) is 0 Å². The molecule has 62 valence electrons. The minimum absolute atomic E-state index is 0.541. The lowest BCUT2D eigenvalue weighted by Gasteiger charge is -2.48. The molecule has 1 unspecified atom stereocenters. The fourth-order valence-corrected chi connectivity index (χ4v) is 2.42. The Kier molecular flexibility index (Phi) is 0.908. The van der Waals surface area contributed by atoms with Crippen LogP contribution in [0.15, 0.2) is 18.5 Å². The van der Waals surface area contributed by atoms with Gasteiger partial charge >= 0.3 is 0 Å². The molecule has 0 N–H and O–H groups in total. The maximum Gasteiger partial charge on any atom is 0.103 e. The molecule has 0 radical (unpaired) electrons. The number of anilines is 2. The van der Waals surface area contributed by atoms with Crippen LogP contribution < -0.4 is 9.80 Å². The summed E-state index contributed by atoms with van der Waals surface area (Å²) in [7, 11) is 0. The SMILES string of the molecule is CC1N2c3ccncc3N1[C@@H]2C. The average Bonchev–Trinajstić information content (AvgIpc) is 2.53. The number of nitrogens with zero attached hydrogens (tertiary/aromatic N) is 3. The summed E-state index contributed by atoms with van der Waals surface area (Å²) < 4.78 is 0. The third kappa shape index (κ3) is 0.461. The Bertz CT molecular complexity index is 295. The molecule has 0 aromatic carbocycles. The summed E-state index contributed by atoms with van der Waals surface area (Å²) in [4.78, 5) is 8.94. The van der Waals surface area contributed by atoms with E-state index in [2.05, 4.69) is 34.7 Å². The molecule has 0 aliphatic carbocycles. The van der Waals surface area contributed by atoms with E-state index in [0.29, 0.717) is 12.3 Å². The highest BCUT2D eigenvalue weighted by atomic mass is 15.6. The highest BCUT2D eigenvalue weighted by Gasteiger charge is 2.49. The highest BCUT2D eigenvalue weighted by Crippen LogP contribution is 2.49. The van der Waals surface area contributed by atoms with Crippen molar-refractivity contribution < 1.29 is 0 Å². The van der Waals surface area contributed by atoms with Crippen molar-refractivity contribution in [1.29, 1.82) is 0 Å². The van der Waals surface area contributed by atoms with Crippen LogP contribution >= 0.6 is 0 Å². The van der Waals surface area contributed by atoms with Crippen molar-refractivity contribution in [2.45, 2.75) is 26.2 Å². The molecule has 3 nitrogen and oxygen atoms in total. The number of hydrogen-bond donors (Lipinski definition) is 0. The topological polar surface area (TPSA) is 19.4 Å². The monoisotopic (exact) mass is 161 g/mol. The Hall–Kier alpha value is -1.25. The Balaban J connectivity index is 2.19. The minimum atomic E-state index is 0.541. The van der Waals surface area contributed by atoms with Gasteiger partial charge in [-0.25, -0.2) is 0 Å². The summed E-state index contributed by atoms with van der Waals surface area (Å²) in [6.07, 6.45) is 4.90. The molecule has 0 saturated carbocycles. The van der Waals surface area contributed by atoms with E-state index in [0.717, 1.165) is 0 Å². The first-order valence-electron chi connectivity index (χ1n) is 4.31. The second kappa shape index (κ2) is 1.73. The summed E-state index contributed by atoms with van der Waals surface area (Å²) in [6.45, 7) is 4.44. The molecule has 1 fully saturated rings. The second-order valence-electron chi connectivity index (χ2n) is 3.44. The van der Waals surface area contributed by atoms with Gasteiger partial charge in [0.25, 0.3) is 0 Å². The molecule has 12 heavy (non-hydrogen) atoms. The minimum Gasteiger partial charge on any atom is -0.329 e. The molecule has 4 heterocycles. The smallest absolute Gasteiger partial charge is 0.103 e. The summed E-state index contributed by atoms with van der Waals surface area (Å²) in [5.41, 5.74) is 2.63. The fraction of sp³-hybridized carbons (Fsp3) is 0.444. The molecule has 1 aromatic heterocycles. The van der Waals surface area contributed by atoms with Crippen molar-refractivity contribution in [3.63, 3.8) is 0 Å². The molecule has 3 aliphatic heterocycles. The largest absolute Gasteiger partial charge is 0.329 e. The van der Waals surface area contributed by atoms with Crippen LogP contribution in [-0.4, -0.2) is 17.3 Å². The van der Waals surface area contributed by atoms with Crippen LogP contribution in [0.1, 0.15) is 13.8 Å². The van der Waals surface area contributed by atoms with E-state index in [1.807, 2.05) is 12.4 Å². The Morgan fingerprint density at radius 3 is 2.50 bits per heavy atom. The van der Waals surface area contributed by atoms with Gasteiger partial charge in [-0.15, -0.1) is 0 Å². The van der Waals surface area contributed by atoms with Gasteiger partial charge in [0.1, 0.15) is 12.3 Å². The molecule has 1 saturated heterocycles. The van der Waals surface area contributed by atoms with Gasteiger partial charge in [-0.2, -0.15) is 0 Å². The van der Waals surface area contributed by atoms with E-state index in [9.17, 15) is 0 Å². The lowest BCUT2D eigenvalue weighted by Crippen LogP contribution is -2.64. The first-order valence-corrected chi connectivity index (χ1v) is 4.31. The summed E-state index contributed by atoms with van der Waals surface area (Å²) in [5, 5.41) is 0. The molecule has 3 heteroatoms. The van der Waals surface area contributed by atoms with Crippen LogP contribution in [0.3, 0.4) is 0 Å². The van der Waals surface area contributed by atoms with Gasteiger partial charge in [-0.1, -0.05) is 0 Å². The zero-order chi connectivity index (χ0) is 8.29. The molecule has 2 atom stereocenters. The second-order valence-corrected chi connectivity index (χ2v) is 3.44. The average molecular weight is 161 g/mol. The van der Waals surface area contributed by atoms with E-state index in [4.69, 9.17) is 0 Å². The molecule has 2 bridgehead atoms. The third-order valence-corrected chi connectivity index (χ3v) is 2.94. The van der Waals surface area contributed by atoms with Crippen LogP contribution in [0.5, 0.6) is 0 Å². The van der Waals surface area contributed by atoms with Gasteiger partial charge in [-0.3, -0.25) is 4.98 Å². The molecule has 3 aliphatic rings. The van der Waals surface area contributed by atoms with Crippen molar-refractivity contribution in [2.75, 3.05) is 9.80 Å². The maximum absolute atomic E-state index is 4.13. The van der Waals surface area contributed by atoms with E-state index >= 15 is 0 Å². The number of hydrogen-bond acceptors (Lipinski definition) is 3. The van der Waals surface area contributed by atoms with Crippen molar-refractivity contribution in [1.82, 2.24) is 4.98 Å². The number of aromatic nitrogens is 1. The third-order valence-electron chi connectivity index (χ3n) is 2.94. The van der Waals surface area contributed by atoms with Gasteiger partial charge in [0, 0.05) is 6.20 Å². The number of rotatable bonds is 0. The molecule has 4 rings (SSSR count). The Labute approximate surface area is 71.6 Å². The van der Waals surface area contributed by atoms with E-state index in [-0.39, 0.29) is 0 Å².